The molecule has 0 saturated carbocycles. The minimum absolute atomic E-state index is 0.189. The van der Waals surface area contributed by atoms with Crippen molar-refractivity contribution in [2.24, 2.45) is 0 Å². The molecule has 0 spiro atoms. The average molecular weight is 328 g/mol. The number of ether oxygens (including phenoxy) is 1. The number of rotatable bonds is 7. The summed E-state index contributed by atoms with van der Waals surface area (Å²) in [5.74, 6) is -0.189. The molecule has 0 radical (unpaired) electrons. The van der Waals surface area contributed by atoms with Crippen LogP contribution in [0.15, 0.2) is 28.7 Å². The largest absolute Gasteiger partial charge is 0.465 e. The number of halogens is 1. The highest BCUT2D eigenvalue weighted by Crippen LogP contribution is 2.18. The van der Waals surface area contributed by atoms with Crippen LogP contribution in [0.1, 0.15) is 32.8 Å². The molecule has 19 heavy (non-hydrogen) atoms. The Labute approximate surface area is 123 Å². The molecular weight excluding hydrogens is 306 g/mol. The van der Waals surface area contributed by atoms with Crippen LogP contribution in [-0.4, -0.2) is 24.7 Å². The van der Waals surface area contributed by atoms with E-state index >= 15 is 0 Å². The highest BCUT2D eigenvalue weighted by Gasteiger charge is 2.34. The molecule has 1 unspecified atom stereocenters. The van der Waals surface area contributed by atoms with Crippen molar-refractivity contribution in [2.75, 3.05) is 13.2 Å². The second-order valence-corrected chi connectivity index (χ2v) is 5.70. The molecule has 1 N–H and O–H groups in total. The molecule has 0 amide bonds. The minimum Gasteiger partial charge on any atom is -0.465 e. The fraction of sp³-hybridized carbons (Fsp3) is 0.533. The van der Waals surface area contributed by atoms with Gasteiger partial charge in [-0.15, -0.1) is 0 Å². The summed E-state index contributed by atoms with van der Waals surface area (Å²) in [6.45, 7) is 7.02. The molecule has 1 rings (SSSR count). The van der Waals surface area contributed by atoms with Crippen molar-refractivity contribution in [3.05, 3.63) is 34.3 Å². The lowest BCUT2D eigenvalue weighted by Gasteiger charge is -2.28. The molecule has 0 aliphatic rings. The monoisotopic (exact) mass is 327 g/mol. The first-order valence-electron chi connectivity index (χ1n) is 6.68. The molecule has 4 heteroatoms. The highest BCUT2D eigenvalue weighted by atomic mass is 79.9. The third kappa shape index (κ3) is 4.96. The van der Waals surface area contributed by atoms with E-state index in [4.69, 9.17) is 4.74 Å². The van der Waals surface area contributed by atoms with E-state index in [1.54, 1.807) is 0 Å². The van der Waals surface area contributed by atoms with E-state index in [0.717, 1.165) is 23.0 Å². The molecule has 106 valence electrons. The Morgan fingerprint density at radius 2 is 1.95 bits per heavy atom. The van der Waals surface area contributed by atoms with Gasteiger partial charge < -0.3 is 10.1 Å². The van der Waals surface area contributed by atoms with Crippen LogP contribution >= 0.6 is 15.9 Å². The average Bonchev–Trinajstić information content (AvgIpc) is 2.39. The molecule has 3 nitrogen and oxygen atoms in total. The summed E-state index contributed by atoms with van der Waals surface area (Å²) >= 11 is 3.41. The van der Waals surface area contributed by atoms with E-state index in [0.29, 0.717) is 13.0 Å². The Hall–Kier alpha value is -0.870. The smallest absolute Gasteiger partial charge is 0.326 e. The zero-order chi connectivity index (χ0) is 14.3. The summed E-state index contributed by atoms with van der Waals surface area (Å²) in [7, 11) is 0. The number of esters is 1. The fourth-order valence-corrected chi connectivity index (χ4v) is 2.17. The van der Waals surface area contributed by atoms with E-state index in [-0.39, 0.29) is 5.97 Å². The van der Waals surface area contributed by atoms with Crippen molar-refractivity contribution in [2.45, 2.75) is 39.2 Å². The van der Waals surface area contributed by atoms with Crippen molar-refractivity contribution >= 4 is 21.9 Å². The van der Waals surface area contributed by atoms with Gasteiger partial charge in [0.15, 0.2) is 0 Å². The van der Waals surface area contributed by atoms with E-state index in [1.807, 2.05) is 38.1 Å². The third-order valence-corrected chi connectivity index (χ3v) is 3.49. The third-order valence-electron chi connectivity index (χ3n) is 2.96. The molecule has 0 aliphatic heterocycles. The predicted octanol–water partition coefficient (Wildman–Crippen LogP) is 3.31. The molecule has 1 aromatic carbocycles. The van der Waals surface area contributed by atoms with Gasteiger partial charge in [0.05, 0.1) is 6.61 Å². The first-order chi connectivity index (χ1) is 9.01. The van der Waals surface area contributed by atoms with Crippen LogP contribution in [0.3, 0.4) is 0 Å². The van der Waals surface area contributed by atoms with Crippen molar-refractivity contribution in [1.82, 2.24) is 5.32 Å². The van der Waals surface area contributed by atoms with Crippen molar-refractivity contribution in [1.29, 1.82) is 0 Å². The van der Waals surface area contributed by atoms with E-state index in [2.05, 4.69) is 28.2 Å². The molecule has 0 bridgehead atoms. The van der Waals surface area contributed by atoms with Gasteiger partial charge in [0, 0.05) is 10.9 Å². The van der Waals surface area contributed by atoms with Gasteiger partial charge in [-0.1, -0.05) is 35.0 Å². The van der Waals surface area contributed by atoms with Gasteiger partial charge in [-0.2, -0.15) is 0 Å². The van der Waals surface area contributed by atoms with Gasteiger partial charge >= 0.3 is 5.97 Å². The molecule has 0 aromatic heterocycles. The first-order valence-corrected chi connectivity index (χ1v) is 7.48. The lowest BCUT2D eigenvalue weighted by molar-refractivity contribution is -0.150. The van der Waals surface area contributed by atoms with E-state index in [1.165, 1.54) is 0 Å². The quantitative estimate of drug-likeness (QED) is 0.781. The molecule has 0 aliphatic carbocycles. The second-order valence-electron chi connectivity index (χ2n) is 4.78. The maximum atomic E-state index is 12.1. The van der Waals surface area contributed by atoms with Gasteiger partial charge in [0.25, 0.3) is 0 Å². The van der Waals surface area contributed by atoms with Crippen LogP contribution < -0.4 is 5.32 Å². The van der Waals surface area contributed by atoms with Gasteiger partial charge in [-0.25, -0.2) is 0 Å². The lowest BCUT2D eigenvalue weighted by atomic mass is 9.92. The van der Waals surface area contributed by atoms with Crippen molar-refractivity contribution < 1.29 is 9.53 Å². The molecule has 0 fully saturated rings. The number of hydrogen-bond acceptors (Lipinski definition) is 3. The van der Waals surface area contributed by atoms with Gasteiger partial charge in [0.2, 0.25) is 0 Å². The molecule has 0 saturated heterocycles. The number of benzene rings is 1. The lowest BCUT2D eigenvalue weighted by Crippen LogP contribution is -2.52. The zero-order valence-corrected chi connectivity index (χ0v) is 13.4. The van der Waals surface area contributed by atoms with Crippen LogP contribution in [0, 0.1) is 0 Å². The summed E-state index contributed by atoms with van der Waals surface area (Å²) in [6, 6.07) is 8.02. The summed E-state index contributed by atoms with van der Waals surface area (Å²) in [4.78, 5) is 12.1. The summed E-state index contributed by atoms with van der Waals surface area (Å²) in [5.41, 5.74) is 0.446. The Morgan fingerprint density at radius 1 is 1.32 bits per heavy atom. The highest BCUT2D eigenvalue weighted by molar-refractivity contribution is 9.10. The van der Waals surface area contributed by atoms with Crippen LogP contribution in [0.2, 0.25) is 0 Å². The number of nitrogens with one attached hydrogen (secondary N) is 1. The maximum absolute atomic E-state index is 12.1. The van der Waals surface area contributed by atoms with E-state index < -0.39 is 5.54 Å². The normalized spacial score (nSPS) is 13.9. The van der Waals surface area contributed by atoms with Crippen LogP contribution in [0.25, 0.3) is 0 Å². The maximum Gasteiger partial charge on any atom is 0.326 e. The Kier molecular flexibility index (Phi) is 6.52. The molecule has 0 heterocycles. The number of hydrogen-bond donors (Lipinski definition) is 1. The Balaban J connectivity index is 2.83. The van der Waals surface area contributed by atoms with Crippen LogP contribution in [0.4, 0.5) is 0 Å². The number of carbonyl (C=O) groups is 1. The van der Waals surface area contributed by atoms with Gasteiger partial charge in [-0.05, 0) is 44.5 Å². The fourth-order valence-electron chi connectivity index (χ4n) is 1.91. The van der Waals surface area contributed by atoms with Gasteiger partial charge in [0.1, 0.15) is 5.54 Å². The molecular formula is C15H22BrNO2. The van der Waals surface area contributed by atoms with Crippen molar-refractivity contribution in [3.8, 4) is 0 Å². The molecule has 1 atom stereocenters. The van der Waals surface area contributed by atoms with E-state index in [9.17, 15) is 4.79 Å². The SMILES string of the molecule is CCCNC(C)(Cc1ccc(Br)cc1)C(=O)OCC. The minimum atomic E-state index is -0.667. The number of carbonyl (C=O) groups excluding carboxylic acids is 1. The zero-order valence-electron chi connectivity index (χ0n) is 11.8. The standard InChI is InChI=1S/C15H22BrNO2/c1-4-10-17-15(3,14(18)19-5-2)11-12-6-8-13(16)9-7-12/h6-9,17H,4-5,10-11H2,1-3H3. The van der Waals surface area contributed by atoms with Crippen LogP contribution in [-0.2, 0) is 16.0 Å². The first kappa shape index (κ1) is 16.2. The van der Waals surface area contributed by atoms with Crippen LogP contribution in [0.5, 0.6) is 0 Å². The summed E-state index contributed by atoms with van der Waals surface area (Å²) in [6.07, 6.45) is 1.61. The second kappa shape index (κ2) is 7.65. The topological polar surface area (TPSA) is 38.3 Å². The Bertz CT molecular complexity index is 405. The molecule has 1 aromatic rings. The summed E-state index contributed by atoms with van der Waals surface area (Å²) in [5, 5.41) is 3.31. The van der Waals surface area contributed by atoms with Gasteiger partial charge in [-0.3, -0.25) is 4.79 Å². The summed E-state index contributed by atoms with van der Waals surface area (Å²) < 4.78 is 6.23. The van der Waals surface area contributed by atoms with Crippen molar-refractivity contribution in [3.63, 3.8) is 0 Å². The predicted molar refractivity (Wildman–Crippen MR) is 81.2 cm³/mol. The Morgan fingerprint density at radius 3 is 2.47 bits per heavy atom.